The Balaban J connectivity index is 2.82. The molecule has 0 fully saturated rings. The molecule has 1 aromatic rings. The molecule has 1 aromatic heterocycles. The molecule has 0 spiro atoms. The minimum atomic E-state index is -0.716. The van der Waals surface area contributed by atoms with E-state index in [1.54, 1.807) is 0 Å². The lowest BCUT2D eigenvalue weighted by molar-refractivity contribution is 0.187. The van der Waals surface area contributed by atoms with Crippen molar-refractivity contribution in [2.24, 2.45) is 5.73 Å². The zero-order chi connectivity index (χ0) is 7.56. The van der Waals surface area contributed by atoms with Crippen molar-refractivity contribution in [3.63, 3.8) is 0 Å². The highest BCUT2D eigenvalue weighted by Crippen LogP contribution is 2.18. The summed E-state index contributed by atoms with van der Waals surface area (Å²) in [6.07, 6.45) is 0.742. The van der Waals surface area contributed by atoms with Gasteiger partial charge in [-0.25, -0.2) is 0 Å². The van der Waals surface area contributed by atoms with E-state index in [2.05, 4.69) is 10.2 Å². The molecule has 4 N–H and O–H groups in total. The molecule has 4 nitrogen and oxygen atoms in total. The van der Waals surface area contributed by atoms with Gasteiger partial charge in [0.25, 0.3) is 0 Å². The minimum absolute atomic E-state index is 0.152. The van der Waals surface area contributed by atoms with Crippen molar-refractivity contribution in [3.05, 3.63) is 16.9 Å². The molecule has 0 saturated carbocycles. The van der Waals surface area contributed by atoms with Gasteiger partial charge in [0.2, 0.25) is 0 Å². The number of rotatable bonds is 2. The van der Waals surface area contributed by atoms with Gasteiger partial charge in [0, 0.05) is 12.1 Å². The Bertz CT molecular complexity index is 212. The zero-order valence-electron chi connectivity index (χ0n) is 5.21. The largest absolute Gasteiger partial charge is 0.387 e. The number of aromatic amines is 1. The van der Waals surface area contributed by atoms with Crippen LogP contribution in [0.15, 0.2) is 6.20 Å². The van der Waals surface area contributed by atoms with Crippen LogP contribution < -0.4 is 5.73 Å². The predicted octanol–water partition coefficient (Wildman–Crippen LogP) is 0.0552. The van der Waals surface area contributed by atoms with Crippen LogP contribution in [0, 0.1) is 0 Å². The molecule has 1 heterocycles. The summed E-state index contributed by atoms with van der Waals surface area (Å²) in [4.78, 5) is 0. The first-order chi connectivity index (χ1) is 4.75. The number of nitrogens with zero attached hydrogens (tertiary/aromatic N) is 1. The third kappa shape index (κ3) is 1.29. The molecule has 1 unspecified atom stereocenters. The van der Waals surface area contributed by atoms with E-state index in [9.17, 15) is 0 Å². The van der Waals surface area contributed by atoms with E-state index in [1.807, 2.05) is 0 Å². The molecule has 0 radical (unpaired) electrons. The van der Waals surface area contributed by atoms with E-state index < -0.39 is 6.10 Å². The highest BCUT2D eigenvalue weighted by molar-refractivity contribution is 6.30. The molecule has 1 atom stereocenters. The van der Waals surface area contributed by atoms with Gasteiger partial charge in [-0.2, -0.15) is 5.10 Å². The molecule has 0 aromatic carbocycles. The van der Waals surface area contributed by atoms with Gasteiger partial charge in [0.05, 0.1) is 12.3 Å². The zero-order valence-corrected chi connectivity index (χ0v) is 5.97. The summed E-state index contributed by atoms with van der Waals surface area (Å²) in [6, 6.07) is 0. The Morgan fingerprint density at radius 2 is 2.60 bits per heavy atom. The predicted molar refractivity (Wildman–Crippen MR) is 37.6 cm³/mol. The van der Waals surface area contributed by atoms with Crippen LogP contribution in [0.4, 0.5) is 0 Å². The van der Waals surface area contributed by atoms with Gasteiger partial charge in [-0.3, -0.25) is 5.10 Å². The summed E-state index contributed by atoms with van der Waals surface area (Å²) < 4.78 is 0. The van der Waals surface area contributed by atoms with E-state index in [-0.39, 0.29) is 6.54 Å². The summed E-state index contributed by atoms with van der Waals surface area (Å²) in [5, 5.41) is 15.6. The summed E-state index contributed by atoms with van der Waals surface area (Å²) in [5.41, 5.74) is 5.73. The third-order valence-electron chi connectivity index (χ3n) is 1.20. The number of H-pyrrole nitrogens is 1. The first-order valence-corrected chi connectivity index (χ1v) is 3.20. The molecule has 56 valence electrons. The standard InChI is InChI=1S/C5H8ClN3O/c6-5-3(2-8-9-5)4(10)1-7/h2,4,10H,1,7H2,(H,8,9). The number of hydrogen-bond acceptors (Lipinski definition) is 3. The summed E-state index contributed by atoms with van der Waals surface area (Å²) >= 11 is 5.58. The lowest BCUT2D eigenvalue weighted by Gasteiger charge is -2.02. The van der Waals surface area contributed by atoms with Gasteiger partial charge in [-0.1, -0.05) is 11.6 Å². The Kier molecular flexibility index (Phi) is 2.26. The van der Waals surface area contributed by atoms with Gasteiger partial charge in [-0.15, -0.1) is 0 Å². The lowest BCUT2D eigenvalue weighted by Crippen LogP contribution is -2.10. The second-order valence-corrected chi connectivity index (χ2v) is 2.27. The Hall–Kier alpha value is -0.580. The average Bonchev–Trinajstić information content (AvgIpc) is 2.34. The quantitative estimate of drug-likeness (QED) is 0.574. The van der Waals surface area contributed by atoms with Crippen molar-refractivity contribution in [1.29, 1.82) is 0 Å². The highest BCUT2D eigenvalue weighted by Gasteiger charge is 2.10. The second-order valence-electron chi connectivity index (χ2n) is 1.89. The molecule has 0 aliphatic heterocycles. The van der Waals surface area contributed by atoms with Crippen LogP contribution in [0.1, 0.15) is 11.7 Å². The third-order valence-corrected chi connectivity index (χ3v) is 1.50. The summed E-state index contributed by atoms with van der Waals surface area (Å²) in [5.74, 6) is 0. The molecule has 1 rings (SSSR count). The van der Waals surface area contributed by atoms with Crippen LogP contribution in [0.25, 0.3) is 0 Å². The minimum Gasteiger partial charge on any atom is -0.387 e. The molecule has 0 aliphatic rings. The van der Waals surface area contributed by atoms with Crippen LogP contribution in [-0.4, -0.2) is 21.8 Å². The number of aromatic nitrogens is 2. The van der Waals surface area contributed by atoms with Crippen molar-refractivity contribution in [2.75, 3.05) is 6.54 Å². The van der Waals surface area contributed by atoms with Crippen molar-refractivity contribution in [2.45, 2.75) is 6.10 Å². The van der Waals surface area contributed by atoms with Gasteiger partial charge >= 0.3 is 0 Å². The molecule has 5 heteroatoms. The number of aliphatic hydroxyl groups is 1. The maximum atomic E-state index is 9.13. The van der Waals surface area contributed by atoms with E-state index in [0.29, 0.717) is 10.7 Å². The highest BCUT2D eigenvalue weighted by atomic mass is 35.5. The molecular weight excluding hydrogens is 154 g/mol. The number of hydrogen-bond donors (Lipinski definition) is 3. The number of aliphatic hydroxyl groups excluding tert-OH is 1. The Morgan fingerprint density at radius 1 is 1.90 bits per heavy atom. The maximum Gasteiger partial charge on any atom is 0.130 e. The van der Waals surface area contributed by atoms with E-state index >= 15 is 0 Å². The van der Waals surface area contributed by atoms with Gasteiger partial charge in [-0.05, 0) is 0 Å². The van der Waals surface area contributed by atoms with Crippen molar-refractivity contribution in [3.8, 4) is 0 Å². The second kappa shape index (κ2) is 3.01. The molecular formula is C5H8ClN3O. The van der Waals surface area contributed by atoms with Crippen molar-refractivity contribution in [1.82, 2.24) is 10.2 Å². The summed E-state index contributed by atoms with van der Waals surface area (Å²) in [6.45, 7) is 0.152. The molecule has 10 heavy (non-hydrogen) atoms. The van der Waals surface area contributed by atoms with Crippen LogP contribution in [-0.2, 0) is 0 Å². The first-order valence-electron chi connectivity index (χ1n) is 2.82. The van der Waals surface area contributed by atoms with Crippen molar-refractivity contribution < 1.29 is 5.11 Å². The van der Waals surface area contributed by atoms with Crippen LogP contribution in [0.3, 0.4) is 0 Å². The van der Waals surface area contributed by atoms with Gasteiger partial charge in [0.1, 0.15) is 5.15 Å². The van der Waals surface area contributed by atoms with E-state index in [4.69, 9.17) is 22.4 Å². The van der Waals surface area contributed by atoms with Gasteiger partial charge < -0.3 is 10.8 Å². The first kappa shape index (κ1) is 7.53. The fraction of sp³-hybridized carbons (Fsp3) is 0.400. The van der Waals surface area contributed by atoms with Crippen LogP contribution in [0.2, 0.25) is 5.15 Å². The fourth-order valence-corrected chi connectivity index (χ4v) is 0.863. The number of nitrogens with one attached hydrogen (secondary N) is 1. The topological polar surface area (TPSA) is 74.9 Å². The van der Waals surface area contributed by atoms with E-state index in [0.717, 1.165) is 0 Å². The average molecular weight is 162 g/mol. The molecule has 0 saturated heterocycles. The van der Waals surface area contributed by atoms with Crippen LogP contribution in [0.5, 0.6) is 0 Å². The monoisotopic (exact) mass is 161 g/mol. The Labute approximate surface area is 63.0 Å². The number of nitrogens with two attached hydrogens (primary N) is 1. The van der Waals surface area contributed by atoms with Gasteiger partial charge in [0.15, 0.2) is 0 Å². The number of halogens is 1. The smallest absolute Gasteiger partial charge is 0.130 e. The fourth-order valence-electron chi connectivity index (χ4n) is 0.639. The molecule has 0 aliphatic carbocycles. The normalized spacial score (nSPS) is 13.5. The van der Waals surface area contributed by atoms with E-state index in [1.165, 1.54) is 6.20 Å². The maximum absolute atomic E-state index is 9.13. The molecule has 0 amide bonds. The van der Waals surface area contributed by atoms with Crippen LogP contribution >= 0.6 is 11.6 Å². The summed E-state index contributed by atoms with van der Waals surface area (Å²) in [7, 11) is 0. The Morgan fingerprint density at radius 3 is 3.00 bits per heavy atom. The molecule has 0 bridgehead atoms. The van der Waals surface area contributed by atoms with Crippen molar-refractivity contribution >= 4 is 11.6 Å². The lowest BCUT2D eigenvalue weighted by atomic mass is 10.2. The SMILES string of the molecule is NCC(O)c1cn[nH]c1Cl.